The second kappa shape index (κ2) is 6.96. The molecule has 0 unspecified atom stereocenters. The van der Waals surface area contributed by atoms with Gasteiger partial charge in [-0.2, -0.15) is 0 Å². The summed E-state index contributed by atoms with van der Waals surface area (Å²) in [6.45, 7) is 5.24. The lowest BCUT2D eigenvalue weighted by molar-refractivity contribution is -0.143. The lowest BCUT2D eigenvalue weighted by Gasteiger charge is -2.34. The number of amides is 2. The molecule has 3 fully saturated rings. The summed E-state index contributed by atoms with van der Waals surface area (Å²) in [6, 6.07) is 0. The van der Waals surface area contributed by atoms with E-state index in [-0.39, 0.29) is 11.8 Å². The molecule has 124 valence electrons. The topological polar surface area (TPSA) is 70.7 Å². The van der Waals surface area contributed by atoms with Gasteiger partial charge in [-0.25, -0.2) is 0 Å². The van der Waals surface area contributed by atoms with Gasteiger partial charge in [0.05, 0.1) is 18.6 Å². The average Bonchev–Trinajstić information content (AvgIpc) is 2.96. The Hall–Kier alpha value is -1.14. The Morgan fingerprint density at radius 3 is 2.45 bits per heavy atom. The second-order valence-electron chi connectivity index (χ2n) is 6.89. The minimum absolute atomic E-state index is 0.0958. The molecule has 3 aliphatic rings. The number of carbonyl (C=O) groups excluding carboxylic acids is 2. The molecule has 1 aliphatic carbocycles. The first-order chi connectivity index (χ1) is 10.7. The van der Waals surface area contributed by atoms with Gasteiger partial charge in [0.15, 0.2) is 0 Å². The zero-order valence-corrected chi connectivity index (χ0v) is 13.2. The van der Waals surface area contributed by atoms with Gasteiger partial charge >= 0.3 is 0 Å². The van der Waals surface area contributed by atoms with Crippen LogP contribution in [0, 0.1) is 11.3 Å². The fourth-order valence-electron chi connectivity index (χ4n) is 3.67. The Labute approximate surface area is 131 Å². The molecule has 0 aromatic rings. The van der Waals surface area contributed by atoms with Crippen molar-refractivity contribution >= 4 is 11.8 Å². The first kappa shape index (κ1) is 15.7. The van der Waals surface area contributed by atoms with E-state index < -0.39 is 5.41 Å². The molecule has 0 radical (unpaired) electrons. The summed E-state index contributed by atoms with van der Waals surface area (Å²) >= 11 is 0. The van der Waals surface area contributed by atoms with Crippen molar-refractivity contribution in [1.29, 1.82) is 0 Å². The Bertz CT molecular complexity index is 411. The monoisotopic (exact) mass is 309 g/mol. The number of nitrogens with zero attached hydrogens (tertiary/aromatic N) is 1. The van der Waals surface area contributed by atoms with Crippen LogP contribution in [0.15, 0.2) is 0 Å². The van der Waals surface area contributed by atoms with E-state index >= 15 is 0 Å². The summed E-state index contributed by atoms with van der Waals surface area (Å²) in [5.74, 6) is 0.765. The number of carbonyl (C=O) groups is 2. The number of hydrogen-bond acceptors (Lipinski definition) is 4. The highest BCUT2D eigenvalue weighted by Crippen LogP contribution is 2.42. The minimum atomic E-state index is -0.466. The van der Waals surface area contributed by atoms with Crippen molar-refractivity contribution in [1.82, 2.24) is 15.5 Å². The van der Waals surface area contributed by atoms with E-state index in [1.807, 2.05) is 4.90 Å². The Morgan fingerprint density at radius 2 is 1.86 bits per heavy atom. The van der Waals surface area contributed by atoms with Crippen LogP contribution in [0.1, 0.15) is 32.1 Å². The number of ether oxygens (including phenoxy) is 1. The summed E-state index contributed by atoms with van der Waals surface area (Å²) in [7, 11) is 0. The number of nitrogens with one attached hydrogen (secondary N) is 2. The quantitative estimate of drug-likeness (QED) is 0.757. The minimum Gasteiger partial charge on any atom is -0.378 e. The fraction of sp³-hybridized carbons (Fsp3) is 0.875. The van der Waals surface area contributed by atoms with Crippen molar-refractivity contribution in [2.45, 2.75) is 32.1 Å². The lowest BCUT2D eigenvalue weighted by atomic mass is 9.81. The molecule has 2 aliphatic heterocycles. The first-order valence-electron chi connectivity index (χ1n) is 8.54. The van der Waals surface area contributed by atoms with Crippen LogP contribution in [0.5, 0.6) is 0 Å². The van der Waals surface area contributed by atoms with Gasteiger partial charge in [0, 0.05) is 45.1 Å². The van der Waals surface area contributed by atoms with Gasteiger partial charge in [-0.1, -0.05) is 12.8 Å². The smallest absolute Gasteiger partial charge is 0.226 e. The van der Waals surface area contributed by atoms with Crippen LogP contribution in [-0.4, -0.2) is 62.7 Å². The molecule has 2 amide bonds. The van der Waals surface area contributed by atoms with Crippen molar-refractivity contribution in [3.05, 3.63) is 0 Å². The Balaban J connectivity index is 1.57. The summed E-state index contributed by atoms with van der Waals surface area (Å²) in [6.07, 6.45) is 4.15. The highest BCUT2D eigenvalue weighted by Gasteiger charge is 2.43. The highest BCUT2D eigenvalue weighted by molar-refractivity contribution is 5.89. The van der Waals surface area contributed by atoms with E-state index in [1.54, 1.807) is 0 Å². The van der Waals surface area contributed by atoms with Crippen molar-refractivity contribution in [3.8, 4) is 0 Å². The Morgan fingerprint density at radius 1 is 1.18 bits per heavy atom. The maximum atomic E-state index is 12.7. The molecule has 3 rings (SSSR count). The molecule has 0 bridgehead atoms. The van der Waals surface area contributed by atoms with Gasteiger partial charge in [-0.15, -0.1) is 0 Å². The molecule has 1 saturated carbocycles. The number of rotatable bonds is 5. The van der Waals surface area contributed by atoms with Gasteiger partial charge in [0.1, 0.15) is 0 Å². The molecule has 2 saturated heterocycles. The summed E-state index contributed by atoms with van der Waals surface area (Å²) in [5, 5.41) is 6.32. The van der Waals surface area contributed by atoms with Gasteiger partial charge in [0.2, 0.25) is 11.8 Å². The normalized spacial score (nSPS) is 24.8. The van der Waals surface area contributed by atoms with Crippen LogP contribution >= 0.6 is 0 Å². The summed E-state index contributed by atoms with van der Waals surface area (Å²) in [4.78, 5) is 27.1. The molecule has 0 aromatic heterocycles. The van der Waals surface area contributed by atoms with Crippen molar-refractivity contribution < 1.29 is 14.3 Å². The van der Waals surface area contributed by atoms with E-state index in [0.717, 1.165) is 45.3 Å². The second-order valence-corrected chi connectivity index (χ2v) is 6.89. The van der Waals surface area contributed by atoms with Gasteiger partial charge in [-0.3, -0.25) is 9.59 Å². The van der Waals surface area contributed by atoms with E-state index in [9.17, 15) is 9.59 Å². The van der Waals surface area contributed by atoms with Crippen LogP contribution in [-0.2, 0) is 14.3 Å². The van der Waals surface area contributed by atoms with E-state index in [2.05, 4.69) is 10.6 Å². The molecule has 6 nitrogen and oxygen atoms in total. The third kappa shape index (κ3) is 3.43. The van der Waals surface area contributed by atoms with Gasteiger partial charge in [-0.05, 0) is 12.8 Å². The SMILES string of the molecule is O=C(CC1(C(=O)NCC2CNC2)CCCC1)N1CCOCC1. The molecular weight excluding hydrogens is 282 g/mol. The van der Waals surface area contributed by atoms with Crippen molar-refractivity contribution in [3.63, 3.8) is 0 Å². The maximum Gasteiger partial charge on any atom is 0.226 e. The van der Waals surface area contributed by atoms with Crippen LogP contribution in [0.4, 0.5) is 0 Å². The molecule has 2 heterocycles. The highest BCUT2D eigenvalue weighted by atomic mass is 16.5. The molecule has 0 aromatic carbocycles. The van der Waals surface area contributed by atoms with E-state index in [1.165, 1.54) is 0 Å². The average molecular weight is 309 g/mol. The van der Waals surface area contributed by atoms with Crippen LogP contribution in [0.25, 0.3) is 0 Å². The number of morpholine rings is 1. The molecule has 6 heteroatoms. The summed E-state index contributed by atoms with van der Waals surface area (Å²) < 4.78 is 5.30. The third-order valence-corrected chi connectivity index (χ3v) is 5.31. The first-order valence-corrected chi connectivity index (χ1v) is 8.54. The summed E-state index contributed by atoms with van der Waals surface area (Å²) in [5.41, 5.74) is -0.466. The molecule has 0 spiro atoms. The van der Waals surface area contributed by atoms with Crippen LogP contribution in [0.3, 0.4) is 0 Å². The van der Waals surface area contributed by atoms with Gasteiger partial charge < -0.3 is 20.3 Å². The molecular formula is C16H27N3O3. The molecule has 2 N–H and O–H groups in total. The predicted molar refractivity (Wildman–Crippen MR) is 82.3 cm³/mol. The van der Waals surface area contributed by atoms with Crippen LogP contribution in [0.2, 0.25) is 0 Å². The molecule has 22 heavy (non-hydrogen) atoms. The van der Waals surface area contributed by atoms with E-state index in [0.29, 0.717) is 38.6 Å². The van der Waals surface area contributed by atoms with Crippen molar-refractivity contribution in [2.75, 3.05) is 45.9 Å². The third-order valence-electron chi connectivity index (χ3n) is 5.31. The molecule has 0 atom stereocenters. The Kier molecular flexibility index (Phi) is 4.98. The lowest BCUT2D eigenvalue weighted by Crippen LogP contribution is -2.51. The van der Waals surface area contributed by atoms with E-state index in [4.69, 9.17) is 4.74 Å². The standard InChI is InChI=1S/C16H27N3O3/c20-14(19-5-7-22-8-6-19)9-16(3-1-2-4-16)15(21)18-12-13-10-17-11-13/h13,17H,1-12H2,(H,18,21). The number of hydrogen-bond donors (Lipinski definition) is 2. The zero-order chi connectivity index (χ0) is 15.4. The van der Waals surface area contributed by atoms with Crippen molar-refractivity contribution in [2.24, 2.45) is 11.3 Å². The zero-order valence-electron chi connectivity index (χ0n) is 13.2. The predicted octanol–water partition coefficient (Wildman–Crippen LogP) is 0.131. The fourth-order valence-corrected chi connectivity index (χ4v) is 3.67. The van der Waals surface area contributed by atoms with Crippen LogP contribution < -0.4 is 10.6 Å². The van der Waals surface area contributed by atoms with Gasteiger partial charge in [0.25, 0.3) is 0 Å². The largest absolute Gasteiger partial charge is 0.378 e. The maximum absolute atomic E-state index is 12.7.